The van der Waals surface area contributed by atoms with Gasteiger partial charge in [0.1, 0.15) is 10.7 Å². The van der Waals surface area contributed by atoms with Gasteiger partial charge in [0.05, 0.1) is 5.02 Å². The second kappa shape index (κ2) is 5.97. The third-order valence-corrected chi connectivity index (χ3v) is 5.58. The van der Waals surface area contributed by atoms with Gasteiger partial charge in [0.15, 0.2) is 0 Å². The van der Waals surface area contributed by atoms with E-state index < -0.39 is 15.8 Å². The molecule has 0 heterocycles. The lowest BCUT2D eigenvalue weighted by molar-refractivity contribution is 0.361. The number of aryl methyl sites for hydroxylation is 1. The molecule has 1 aromatic carbocycles. The van der Waals surface area contributed by atoms with Crippen LogP contribution in [0.2, 0.25) is 5.02 Å². The van der Waals surface area contributed by atoms with Crippen LogP contribution in [-0.4, -0.2) is 20.5 Å². The number of hydrogen-bond donors (Lipinski definition) is 2. The Labute approximate surface area is 123 Å². The molecule has 0 spiro atoms. The molecule has 1 aromatic rings. The van der Waals surface area contributed by atoms with Gasteiger partial charge in [-0.25, -0.2) is 17.5 Å². The predicted molar refractivity (Wildman–Crippen MR) is 76.7 cm³/mol. The first-order valence-electron chi connectivity index (χ1n) is 6.55. The Bertz CT molecular complexity index is 607. The van der Waals surface area contributed by atoms with Gasteiger partial charge in [-0.1, -0.05) is 24.4 Å². The van der Waals surface area contributed by atoms with E-state index in [1.807, 2.05) is 0 Å². The van der Waals surface area contributed by atoms with E-state index in [4.69, 9.17) is 17.3 Å². The van der Waals surface area contributed by atoms with Gasteiger partial charge in [0.2, 0.25) is 10.0 Å². The molecule has 0 radical (unpaired) electrons. The fourth-order valence-corrected chi connectivity index (χ4v) is 4.33. The Hall–Kier alpha value is -0.690. The maximum atomic E-state index is 13.3. The van der Waals surface area contributed by atoms with Gasteiger partial charge >= 0.3 is 0 Å². The minimum atomic E-state index is -3.79. The first kappa shape index (κ1) is 15.7. The normalized spacial score (nSPS) is 23.8. The predicted octanol–water partition coefficient (Wildman–Crippen LogP) is 2.34. The van der Waals surface area contributed by atoms with Crippen LogP contribution in [0.5, 0.6) is 0 Å². The van der Waals surface area contributed by atoms with Gasteiger partial charge in [0, 0.05) is 12.1 Å². The van der Waals surface area contributed by atoms with Gasteiger partial charge in [-0.05, 0) is 37.5 Å². The minimum Gasteiger partial charge on any atom is -0.326 e. The zero-order valence-corrected chi connectivity index (χ0v) is 12.8. The number of nitrogens with two attached hydrogens (primary N) is 1. The van der Waals surface area contributed by atoms with Gasteiger partial charge < -0.3 is 5.73 Å². The van der Waals surface area contributed by atoms with E-state index in [2.05, 4.69) is 4.72 Å². The van der Waals surface area contributed by atoms with E-state index in [1.165, 1.54) is 13.0 Å². The zero-order chi connectivity index (χ0) is 14.9. The molecule has 3 N–H and O–H groups in total. The average molecular weight is 321 g/mol. The molecule has 1 fully saturated rings. The van der Waals surface area contributed by atoms with Crippen LogP contribution in [-0.2, 0) is 10.0 Å². The van der Waals surface area contributed by atoms with Crippen LogP contribution in [0.15, 0.2) is 17.0 Å². The fourth-order valence-electron chi connectivity index (χ4n) is 2.41. The Morgan fingerprint density at radius 1 is 1.35 bits per heavy atom. The minimum absolute atomic E-state index is 0.101. The van der Waals surface area contributed by atoms with Crippen molar-refractivity contribution in [2.75, 3.05) is 0 Å². The third kappa shape index (κ3) is 3.31. The van der Waals surface area contributed by atoms with Crippen LogP contribution in [0.3, 0.4) is 0 Å². The number of hydrogen-bond acceptors (Lipinski definition) is 3. The van der Waals surface area contributed by atoms with Crippen molar-refractivity contribution >= 4 is 21.6 Å². The van der Waals surface area contributed by atoms with E-state index in [9.17, 15) is 12.8 Å². The fraction of sp³-hybridized carbons (Fsp3) is 0.538. The highest BCUT2D eigenvalue weighted by Crippen LogP contribution is 2.26. The summed E-state index contributed by atoms with van der Waals surface area (Å²) in [6.07, 6.45) is 3.45. The summed E-state index contributed by atoms with van der Waals surface area (Å²) in [5, 5.41) is -0.120. The van der Waals surface area contributed by atoms with Crippen LogP contribution in [0.1, 0.15) is 31.2 Å². The van der Waals surface area contributed by atoms with Crippen LogP contribution in [0.4, 0.5) is 4.39 Å². The summed E-state index contributed by atoms with van der Waals surface area (Å²) < 4.78 is 40.7. The van der Waals surface area contributed by atoms with Crippen molar-refractivity contribution in [1.29, 1.82) is 0 Å². The largest absolute Gasteiger partial charge is 0.326 e. The highest BCUT2D eigenvalue weighted by atomic mass is 35.5. The zero-order valence-electron chi connectivity index (χ0n) is 11.2. The lowest BCUT2D eigenvalue weighted by Gasteiger charge is -2.29. The first-order chi connectivity index (χ1) is 9.31. The van der Waals surface area contributed by atoms with E-state index in [1.54, 1.807) is 0 Å². The van der Waals surface area contributed by atoms with E-state index >= 15 is 0 Å². The molecule has 20 heavy (non-hydrogen) atoms. The van der Waals surface area contributed by atoms with E-state index in [-0.39, 0.29) is 27.6 Å². The number of rotatable bonds is 3. The molecule has 4 nitrogen and oxygen atoms in total. The monoisotopic (exact) mass is 320 g/mol. The summed E-state index contributed by atoms with van der Waals surface area (Å²) in [4.78, 5) is -0.101. The van der Waals surface area contributed by atoms with Crippen molar-refractivity contribution in [3.63, 3.8) is 0 Å². The summed E-state index contributed by atoms with van der Waals surface area (Å²) in [6.45, 7) is 1.50. The second-order valence-corrected chi connectivity index (χ2v) is 7.30. The van der Waals surface area contributed by atoms with Crippen LogP contribution in [0, 0.1) is 12.7 Å². The first-order valence-corrected chi connectivity index (χ1v) is 8.41. The van der Waals surface area contributed by atoms with E-state index in [0.717, 1.165) is 25.3 Å². The van der Waals surface area contributed by atoms with Crippen molar-refractivity contribution in [3.8, 4) is 0 Å². The Morgan fingerprint density at radius 3 is 2.65 bits per heavy atom. The molecule has 1 aliphatic rings. The smallest absolute Gasteiger partial charge is 0.242 e. The van der Waals surface area contributed by atoms with Crippen molar-refractivity contribution in [2.45, 2.75) is 49.6 Å². The lowest BCUT2D eigenvalue weighted by Crippen LogP contribution is -2.49. The molecule has 2 rings (SSSR count). The number of halogens is 2. The number of sulfonamides is 1. The molecule has 7 heteroatoms. The van der Waals surface area contributed by atoms with Crippen molar-refractivity contribution in [3.05, 3.63) is 28.5 Å². The molecule has 0 bridgehead atoms. The van der Waals surface area contributed by atoms with E-state index in [0.29, 0.717) is 6.42 Å². The average Bonchev–Trinajstić information content (AvgIpc) is 2.36. The molecule has 1 aliphatic carbocycles. The molecule has 0 aromatic heterocycles. The summed E-state index contributed by atoms with van der Waals surface area (Å²) in [6, 6.07) is 1.77. The Balaban J connectivity index is 2.28. The topological polar surface area (TPSA) is 72.2 Å². The van der Waals surface area contributed by atoms with Crippen molar-refractivity contribution in [2.24, 2.45) is 5.73 Å². The number of nitrogens with one attached hydrogen (secondary N) is 1. The third-order valence-electron chi connectivity index (χ3n) is 3.63. The molecular formula is C13H18ClFN2O2S. The van der Waals surface area contributed by atoms with Crippen LogP contribution >= 0.6 is 11.6 Å². The maximum absolute atomic E-state index is 13.3. The molecule has 0 amide bonds. The highest BCUT2D eigenvalue weighted by molar-refractivity contribution is 7.89. The molecular weight excluding hydrogens is 303 g/mol. The second-order valence-electron chi connectivity index (χ2n) is 5.21. The molecule has 0 aliphatic heterocycles. The lowest BCUT2D eigenvalue weighted by atomic mass is 9.92. The summed E-state index contributed by atoms with van der Waals surface area (Å²) in [5.41, 5.74) is 6.18. The SMILES string of the molecule is Cc1cc(S(=O)(=O)N[C@@H]2CCCC[C@H]2N)c(Cl)cc1F. The Morgan fingerprint density at radius 2 is 2.00 bits per heavy atom. The summed E-state index contributed by atoms with van der Waals surface area (Å²) in [7, 11) is -3.79. The standard InChI is InChI=1S/C13H18ClFN2O2S/c1-8-6-13(9(14)7-10(8)15)20(18,19)17-12-5-3-2-4-11(12)16/h6-7,11-12,17H,2-5,16H2,1H3/t11-,12-/m1/s1. The van der Waals surface area contributed by atoms with Crippen molar-refractivity contribution < 1.29 is 12.8 Å². The quantitative estimate of drug-likeness (QED) is 0.898. The van der Waals surface area contributed by atoms with Crippen molar-refractivity contribution in [1.82, 2.24) is 4.72 Å². The molecule has 112 valence electrons. The summed E-state index contributed by atoms with van der Waals surface area (Å²) in [5.74, 6) is -0.525. The highest BCUT2D eigenvalue weighted by Gasteiger charge is 2.28. The van der Waals surface area contributed by atoms with Crippen LogP contribution in [0.25, 0.3) is 0 Å². The maximum Gasteiger partial charge on any atom is 0.242 e. The molecule has 2 atom stereocenters. The van der Waals surface area contributed by atoms with Gasteiger partial charge in [0.25, 0.3) is 0 Å². The van der Waals surface area contributed by atoms with Gasteiger partial charge in [-0.2, -0.15) is 0 Å². The molecule has 0 unspecified atom stereocenters. The summed E-state index contributed by atoms with van der Waals surface area (Å²) >= 11 is 5.85. The number of benzene rings is 1. The molecule has 1 saturated carbocycles. The van der Waals surface area contributed by atoms with Crippen LogP contribution < -0.4 is 10.5 Å². The Kier molecular flexibility index (Phi) is 4.69. The van der Waals surface area contributed by atoms with Gasteiger partial charge in [-0.3, -0.25) is 0 Å². The van der Waals surface area contributed by atoms with Gasteiger partial charge in [-0.15, -0.1) is 0 Å². The molecule has 0 saturated heterocycles.